The van der Waals surface area contributed by atoms with E-state index in [-0.39, 0.29) is 37.1 Å². The standard InChI is InChI=1S/C13H12N2O5/c14-12-8(13(17)18)4-11(16)15(12)5-7-1-2-9-10(3-7)20-6-19-9/h1-3H,4-6,14H2,(H,17,18). The van der Waals surface area contributed by atoms with Crippen LogP contribution in [0, 0.1) is 0 Å². The zero-order valence-electron chi connectivity index (χ0n) is 10.5. The molecule has 1 amide bonds. The molecule has 20 heavy (non-hydrogen) atoms. The van der Waals surface area contributed by atoms with Crippen LogP contribution in [-0.4, -0.2) is 28.7 Å². The lowest BCUT2D eigenvalue weighted by Gasteiger charge is -2.17. The van der Waals surface area contributed by atoms with Crippen molar-refractivity contribution in [3.8, 4) is 11.5 Å². The molecule has 0 saturated carbocycles. The fourth-order valence-electron chi connectivity index (χ4n) is 2.21. The average molecular weight is 276 g/mol. The number of fused-ring (bicyclic) bond motifs is 1. The second-order valence-electron chi connectivity index (χ2n) is 4.51. The van der Waals surface area contributed by atoms with Gasteiger partial charge in [0.25, 0.3) is 0 Å². The minimum absolute atomic E-state index is 0.000154. The number of hydrogen-bond acceptors (Lipinski definition) is 5. The quantitative estimate of drug-likeness (QED) is 0.828. The smallest absolute Gasteiger partial charge is 0.335 e. The van der Waals surface area contributed by atoms with Gasteiger partial charge in [0.05, 0.1) is 18.5 Å². The van der Waals surface area contributed by atoms with Gasteiger partial charge in [0.1, 0.15) is 5.82 Å². The van der Waals surface area contributed by atoms with Crippen molar-refractivity contribution < 1.29 is 24.2 Å². The van der Waals surface area contributed by atoms with Crippen molar-refractivity contribution in [2.24, 2.45) is 5.73 Å². The number of carboxylic acids is 1. The van der Waals surface area contributed by atoms with E-state index in [0.717, 1.165) is 5.56 Å². The van der Waals surface area contributed by atoms with Gasteiger partial charge in [0, 0.05) is 0 Å². The molecule has 0 spiro atoms. The highest BCUT2D eigenvalue weighted by atomic mass is 16.7. The first-order valence-corrected chi connectivity index (χ1v) is 5.97. The molecule has 104 valence electrons. The van der Waals surface area contributed by atoms with Crippen molar-refractivity contribution in [3.63, 3.8) is 0 Å². The zero-order chi connectivity index (χ0) is 14.3. The van der Waals surface area contributed by atoms with Crippen LogP contribution in [-0.2, 0) is 16.1 Å². The zero-order valence-corrected chi connectivity index (χ0v) is 10.5. The number of benzene rings is 1. The van der Waals surface area contributed by atoms with E-state index in [2.05, 4.69) is 0 Å². The molecule has 1 aromatic rings. The van der Waals surface area contributed by atoms with Crippen molar-refractivity contribution in [2.45, 2.75) is 13.0 Å². The summed E-state index contributed by atoms with van der Waals surface area (Å²) in [6, 6.07) is 5.28. The Morgan fingerprint density at radius 1 is 1.35 bits per heavy atom. The number of ether oxygens (including phenoxy) is 2. The summed E-state index contributed by atoms with van der Waals surface area (Å²) in [4.78, 5) is 24.0. The molecule has 0 atom stereocenters. The molecule has 1 aromatic carbocycles. The van der Waals surface area contributed by atoms with Crippen LogP contribution in [0.1, 0.15) is 12.0 Å². The van der Waals surface area contributed by atoms with Gasteiger partial charge in [0.2, 0.25) is 12.7 Å². The summed E-state index contributed by atoms with van der Waals surface area (Å²) in [5.41, 5.74) is 6.45. The van der Waals surface area contributed by atoms with Crippen LogP contribution in [0.4, 0.5) is 0 Å². The minimum Gasteiger partial charge on any atom is -0.478 e. The lowest BCUT2D eigenvalue weighted by molar-refractivity contribution is -0.134. The van der Waals surface area contributed by atoms with Crippen LogP contribution in [0.25, 0.3) is 0 Å². The molecule has 0 aromatic heterocycles. The van der Waals surface area contributed by atoms with E-state index in [1.165, 1.54) is 4.90 Å². The summed E-state index contributed by atoms with van der Waals surface area (Å²) in [7, 11) is 0. The first kappa shape index (κ1) is 12.3. The van der Waals surface area contributed by atoms with Gasteiger partial charge in [-0.15, -0.1) is 0 Å². The van der Waals surface area contributed by atoms with Gasteiger partial charge < -0.3 is 20.3 Å². The normalized spacial score (nSPS) is 17.0. The van der Waals surface area contributed by atoms with Gasteiger partial charge >= 0.3 is 5.97 Å². The van der Waals surface area contributed by atoms with Gasteiger partial charge in [-0.05, 0) is 17.7 Å². The summed E-state index contributed by atoms with van der Waals surface area (Å²) in [6.45, 7) is 0.380. The molecule has 2 aliphatic rings. The third-order valence-electron chi connectivity index (χ3n) is 3.26. The summed E-state index contributed by atoms with van der Waals surface area (Å²) in [5.74, 6) is -0.229. The Kier molecular flexibility index (Phi) is 2.74. The summed E-state index contributed by atoms with van der Waals surface area (Å²) >= 11 is 0. The Morgan fingerprint density at radius 2 is 2.10 bits per heavy atom. The molecule has 2 heterocycles. The van der Waals surface area contributed by atoms with Crippen LogP contribution in [0.5, 0.6) is 11.5 Å². The Balaban J connectivity index is 1.84. The molecule has 0 bridgehead atoms. The van der Waals surface area contributed by atoms with E-state index in [0.29, 0.717) is 11.5 Å². The molecule has 3 N–H and O–H groups in total. The Bertz CT molecular complexity index is 638. The number of nitrogens with zero attached hydrogens (tertiary/aromatic N) is 1. The topological polar surface area (TPSA) is 102 Å². The van der Waals surface area contributed by atoms with Crippen molar-refractivity contribution in [1.29, 1.82) is 0 Å². The Morgan fingerprint density at radius 3 is 2.80 bits per heavy atom. The fraction of sp³-hybridized carbons (Fsp3) is 0.231. The highest BCUT2D eigenvalue weighted by Gasteiger charge is 2.32. The van der Waals surface area contributed by atoms with Gasteiger partial charge in [0.15, 0.2) is 11.5 Å². The summed E-state index contributed by atoms with van der Waals surface area (Å²) < 4.78 is 10.5. The molecular weight excluding hydrogens is 264 g/mol. The maximum absolute atomic E-state index is 11.8. The maximum atomic E-state index is 11.8. The molecule has 0 radical (unpaired) electrons. The van der Waals surface area contributed by atoms with Crippen molar-refractivity contribution in [2.75, 3.05) is 6.79 Å². The SMILES string of the molecule is NC1=C(C(=O)O)CC(=O)N1Cc1ccc2c(c1)OCO2. The Labute approximate surface area is 114 Å². The summed E-state index contributed by atoms with van der Waals surface area (Å²) in [6.07, 6.45) is -0.175. The molecule has 0 saturated heterocycles. The predicted molar refractivity (Wildman–Crippen MR) is 66.6 cm³/mol. The van der Waals surface area contributed by atoms with Crippen LogP contribution >= 0.6 is 0 Å². The van der Waals surface area contributed by atoms with Crippen LogP contribution in [0.15, 0.2) is 29.6 Å². The van der Waals surface area contributed by atoms with E-state index < -0.39 is 5.97 Å². The second-order valence-corrected chi connectivity index (χ2v) is 4.51. The van der Waals surface area contributed by atoms with E-state index in [1.54, 1.807) is 18.2 Å². The first-order valence-electron chi connectivity index (χ1n) is 5.97. The predicted octanol–water partition coefficient (Wildman–Crippen LogP) is 0.402. The minimum atomic E-state index is -1.16. The number of carbonyl (C=O) groups excluding carboxylic acids is 1. The summed E-state index contributed by atoms with van der Waals surface area (Å²) in [5, 5.41) is 8.96. The molecule has 3 rings (SSSR count). The fourth-order valence-corrected chi connectivity index (χ4v) is 2.21. The third kappa shape index (κ3) is 1.93. The number of nitrogens with two attached hydrogens (primary N) is 1. The lowest BCUT2D eigenvalue weighted by atomic mass is 10.2. The van der Waals surface area contributed by atoms with Crippen LogP contribution in [0.2, 0.25) is 0 Å². The number of carbonyl (C=O) groups is 2. The molecule has 0 unspecified atom stereocenters. The van der Waals surface area contributed by atoms with Gasteiger partial charge in [-0.25, -0.2) is 4.79 Å². The number of carboxylic acid groups (broad SMARTS) is 1. The van der Waals surface area contributed by atoms with Gasteiger partial charge in [-0.1, -0.05) is 6.07 Å². The molecule has 0 fully saturated rings. The molecule has 2 aliphatic heterocycles. The third-order valence-corrected chi connectivity index (χ3v) is 3.26. The van der Waals surface area contributed by atoms with Crippen molar-refractivity contribution >= 4 is 11.9 Å². The number of rotatable bonds is 3. The van der Waals surface area contributed by atoms with E-state index in [1.807, 2.05) is 0 Å². The number of amides is 1. The monoisotopic (exact) mass is 276 g/mol. The Hall–Kier alpha value is -2.70. The first-order chi connectivity index (χ1) is 9.56. The maximum Gasteiger partial charge on any atom is 0.335 e. The largest absolute Gasteiger partial charge is 0.478 e. The number of aliphatic carboxylic acids is 1. The molecule has 7 nitrogen and oxygen atoms in total. The molecule has 7 heteroatoms. The molecular formula is C13H12N2O5. The lowest BCUT2D eigenvalue weighted by Crippen LogP contribution is -2.28. The second kappa shape index (κ2) is 4.44. The van der Waals surface area contributed by atoms with Crippen LogP contribution in [0.3, 0.4) is 0 Å². The molecule has 0 aliphatic carbocycles. The van der Waals surface area contributed by atoms with Crippen LogP contribution < -0.4 is 15.2 Å². The van der Waals surface area contributed by atoms with E-state index in [9.17, 15) is 9.59 Å². The van der Waals surface area contributed by atoms with Crippen molar-refractivity contribution in [3.05, 3.63) is 35.2 Å². The van der Waals surface area contributed by atoms with E-state index >= 15 is 0 Å². The van der Waals surface area contributed by atoms with Gasteiger partial charge in [-0.3, -0.25) is 9.69 Å². The highest BCUT2D eigenvalue weighted by Crippen LogP contribution is 2.33. The average Bonchev–Trinajstić information content (AvgIpc) is 2.97. The highest BCUT2D eigenvalue weighted by molar-refractivity contribution is 5.98. The van der Waals surface area contributed by atoms with Gasteiger partial charge in [-0.2, -0.15) is 0 Å². The number of hydrogen-bond donors (Lipinski definition) is 2. The van der Waals surface area contributed by atoms with Crippen molar-refractivity contribution in [1.82, 2.24) is 4.90 Å². The van der Waals surface area contributed by atoms with E-state index in [4.69, 9.17) is 20.3 Å².